The lowest BCUT2D eigenvalue weighted by atomic mass is 9.96. The second kappa shape index (κ2) is 6.77. The predicted molar refractivity (Wildman–Crippen MR) is 80.5 cm³/mol. The number of benzene rings is 1. The zero-order chi connectivity index (χ0) is 21.6. The number of alkyl halides is 9. The number of H-pyrrole nitrogens is 1. The summed E-state index contributed by atoms with van der Waals surface area (Å²) < 4.78 is 118. The predicted octanol–water partition coefficient (Wildman–Crippen LogP) is 5.02. The largest absolute Gasteiger partial charge is 0.417 e. The minimum absolute atomic E-state index is 0.00508. The molecule has 2 N–H and O–H groups in total. The highest BCUT2D eigenvalue weighted by Crippen LogP contribution is 2.47. The number of halogens is 9. The fourth-order valence-electron chi connectivity index (χ4n) is 2.64. The highest BCUT2D eigenvalue weighted by Gasteiger charge is 2.50. The lowest BCUT2D eigenvalue weighted by Crippen LogP contribution is -2.24. The van der Waals surface area contributed by atoms with E-state index in [4.69, 9.17) is 0 Å². The Morgan fingerprint density at radius 2 is 1.38 bits per heavy atom. The summed E-state index contributed by atoms with van der Waals surface area (Å²) in [5.74, 6) is -0.00508. The molecule has 0 spiro atoms. The number of aromatic amines is 1. The Balaban J connectivity index is 2.09. The van der Waals surface area contributed by atoms with Crippen LogP contribution in [0.25, 0.3) is 11.2 Å². The van der Waals surface area contributed by atoms with Crippen molar-refractivity contribution in [3.05, 3.63) is 47.0 Å². The van der Waals surface area contributed by atoms with E-state index in [0.717, 1.165) is 6.33 Å². The molecule has 0 fully saturated rings. The number of rotatable bonds is 3. The first-order chi connectivity index (χ1) is 13.3. The molecule has 0 aliphatic carbocycles. The van der Waals surface area contributed by atoms with Gasteiger partial charge in [-0.15, -0.1) is 0 Å². The van der Waals surface area contributed by atoms with Crippen molar-refractivity contribution in [2.75, 3.05) is 5.32 Å². The highest BCUT2D eigenvalue weighted by atomic mass is 19.4. The lowest BCUT2D eigenvalue weighted by molar-refractivity contribution is -0.174. The molecule has 0 saturated heterocycles. The zero-order valence-corrected chi connectivity index (χ0v) is 13.8. The van der Waals surface area contributed by atoms with E-state index in [1.165, 1.54) is 6.33 Å². The quantitative estimate of drug-likeness (QED) is 0.574. The summed E-state index contributed by atoms with van der Waals surface area (Å²) in [4.78, 5) is 14.0. The molecule has 0 bridgehead atoms. The molecule has 0 aliphatic heterocycles. The van der Waals surface area contributed by atoms with Gasteiger partial charge in [0.15, 0.2) is 11.5 Å². The van der Waals surface area contributed by atoms with Gasteiger partial charge >= 0.3 is 18.5 Å². The molecule has 156 valence electrons. The monoisotopic (exact) mass is 429 g/mol. The van der Waals surface area contributed by atoms with Crippen molar-refractivity contribution in [3.63, 3.8) is 0 Å². The molecule has 0 amide bonds. The Kier molecular flexibility index (Phi) is 4.83. The SMILES string of the molecule is FC(F)(F)c1cc(CNc2ncnc3nc[nH]c23)cc(C(F)(F)F)c1C(F)(F)F. The Bertz CT molecular complexity index is 998. The second-order valence-corrected chi connectivity index (χ2v) is 5.74. The van der Waals surface area contributed by atoms with Gasteiger partial charge in [-0.25, -0.2) is 15.0 Å². The third kappa shape index (κ3) is 4.19. The van der Waals surface area contributed by atoms with Gasteiger partial charge in [-0.05, 0) is 17.7 Å². The molecule has 3 rings (SSSR count). The summed E-state index contributed by atoms with van der Waals surface area (Å²) >= 11 is 0. The summed E-state index contributed by atoms with van der Waals surface area (Å²) in [5.41, 5.74) is -7.92. The van der Waals surface area contributed by atoms with Crippen molar-refractivity contribution in [1.29, 1.82) is 0 Å². The summed E-state index contributed by atoms with van der Waals surface area (Å²) in [6.07, 6.45) is -14.9. The Labute approximate surface area is 155 Å². The number of hydrogen-bond acceptors (Lipinski definition) is 4. The van der Waals surface area contributed by atoms with Gasteiger partial charge in [-0.1, -0.05) is 0 Å². The minimum Gasteiger partial charge on any atom is -0.364 e. The Hall–Kier alpha value is -3.06. The van der Waals surface area contributed by atoms with E-state index in [1.807, 2.05) is 0 Å². The minimum atomic E-state index is -5.86. The van der Waals surface area contributed by atoms with Crippen LogP contribution in [0.2, 0.25) is 0 Å². The van der Waals surface area contributed by atoms with Crippen LogP contribution < -0.4 is 5.32 Å². The van der Waals surface area contributed by atoms with Crippen LogP contribution in [0.4, 0.5) is 45.3 Å². The molecule has 3 aromatic rings. The molecule has 14 heteroatoms. The van der Waals surface area contributed by atoms with E-state index in [0.29, 0.717) is 0 Å². The maximum atomic E-state index is 13.1. The van der Waals surface area contributed by atoms with Gasteiger partial charge < -0.3 is 10.3 Å². The molecule has 2 aromatic heterocycles. The fourth-order valence-corrected chi connectivity index (χ4v) is 2.64. The first-order valence-electron chi connectivity index (χ1n) is 7.55. The molecule has 2 heterocycles. The highest BCUT2D eigenvalue weighted by molar-refractivity contribution is 5.81. The standard InChI is InChI=1S/C15H8F9N5/c16-13(17,18)7-1-6(2-8(14(19,20)21)9(7)15(22,23)24)3-25-11-10-12(27-4-26-10)29-5-28-11/h1-2,4-5H,3H2,(H2,25,26,27,28,29). The molecule has 0 saturated carbocycles. The molecule has 0 aliphatic rings. The summed E-state index contributed by atoms with van der Waals surface area (Å²) in [6.45, 7) is -0.671. The van der Waals surface area contributed by atoms with Crippen molar-refractivity contribution in [3.8, 4) is 0 Å². The van der Waals surface area contributed by atoms with Crippen LogP contribution in [0.15, 0.2) is 24.8 Å². The normalized spacial score (nSPS) is 13.1. The van der Waals surface area contributed by atoms with Crippen molar-refractivity contribution < 1.29 is 39.5 Å². The molecular weight excluding hydrogens is 421 g/mol. The molecule has 29 heavy (non-hydrogen) atoms. The van der Waals surface area contributed by atoms with Crippen LogP contribution >= 0.6 is 0 Å². The van der Waals surface area contributed by atoms with Crippen molar-refractivity contribution in [1.82, 2.24) is 19.9 Å². The van der Waals surface area contributed by atoms with Crippen LogP contribution in [-0.2, 0) is 25.1 Å². The number of nitrogens with zero attached hydrogens (tertiary/aromatic N) is 3. The van der Waals surface area contributed by atoms with Crippen LogP contribution in [0.3, 0.4) is 0 Å². The first kappa shape index (κ1) is 20.7. The average molecular weight is 429 g/mol. The van der Waals surface area contributed by atoms with Gasteiger partial charge in [-0.3, -0.25) is 0 Å². The van der Waals surface area contributed by atoms with E-state index in [1.54, 1.807) is 0 Å². The number of imidazole rings is 1. The number of fused-ring (bicyclic) bond motifs is 1. The van der Waals surface area contributed by atoms with E-state index in [2.05, 4.69) is 25.3 Å². The maximum Gasteiger partial charge on any atom is 0.417 e. The number of anilines is 1. The molecule has 0 unspecified atom stereocenters. The van der Waals surface area contributed by atoms with Crippen LogP contribution in [0.1, 0.15) is 22.3 Å². The van der Waals surface area contributed by atoms with Gasteiger partial charge in [0, 0.05) is 6.54 Å². The number of aromatic nitrogens is 4. The molecule has 0 radical (unpaired) electrons. The molecule has 1 aromatic carbocycles. The van der Waals surface area contributed by atoms with E-state index in [9.17, 15) is 39.5 Å². The van der Waals surface area contributed by atoms with E-state index in [-0.39, 0.29) is 29.1 Å². The van der Waals surface area contributed by atoms with E-state index >= 15 is 0 Å². The second-order valence-electron chi connectivity index (χ2n) is 5.74. The van der Waals surface area contributed by atoms with Crippen molar-refractivity contribution >= 4 is 17.0 Å². The Morgan fingerprint density at radius 3 is 1.90 bits per heavy atom. The Morgan fingerprint density at radius 1 is 0.793 bits per heavy atom. The van der Waals surface area contributed by atoms with Crippen LogP contribution in [0, 0.1) is 0 Å². The number of nitrogens with one attached hydrogen (secondary N) is 2. The van der Waals surface area contributed by atoms with Crippen molar-refractivity contribution in [2.24, 2.45) is 0 Å². The van der Waals surface area contributed by atoms with Gasteiger partial charge in [0.1, 0.15) is 11.8 Å². The summed E-state index contributed by atoms with van der Waals surface area (Å²) in [7, 11) is 0. The van der Waals surface area contributed by atoms with Gasteiger partial charge in [0.05, 0.1) is 23.0 Å². The van der Waals surface area contributed by atoms with Crippen LogP contribution in [-0.4, -0.2) is 19.9 Å². The third-order valence-corrected chi connectivity index (χ3v) is 3.78. The topological polar surface area (TPSA) is 66.5 Å². The van der Waals surface area contributed by atoms with Crippen molar-refractivity contribution in [2.45, 2.75) is 25.1 Å². The zero-order valence-electron chi connectivity index (χ0n) is 13.8. The summed E-state index contributed by atoms with van der Waals surface area (Å²) in [5, 5.41) is 2.47. The van der Waals surface area contributed by atoms with Gasteiger partial charge in [0.25, 0.3) is 0 Å². The van der Waals surface area contributed by atoms with Gasteiger partial charge in [-0.2, -0.15) is 39.5 Å². The number of hydrogen-bond donors (Lipinski definition) is 2. The molecule has 0 atom stereocenters. The van der Waals surface area contributed by atoms with E-state index < -0.39 is 47.3 Å². The van der Waals surface area contributed by atoms with Gasteiger partial charge in [0.2, 0.25) is 0 Å². The summed E-state index contributed by atoms with van der Waals surface area (Å²) in [6, 6.07) is 0.0484. The van der Waals surface area contributed by atoms with Crippen LogP contribution in [0.5, 0.6) is 0 Å². The smallest absolute Gasteiger partial charge is 0.364 e. The third-order valence-electron chi connectivity index (χ3n) is 3.78. The lowest BCUT2D eigenvalue weighted by Gasteiger charge is -2.22. The molecular formula is C15H8F9N5. The maximum absolute atomic E-state index is 13.1. The molecule has 5 nitrogen and oxygen atoms in total. The first-order valence-corrected chi connectivity index (χ1v) is 7.55. The average Bonchev–Trinajstić information content (AvgIpc) is 3.06. The fraction of sp³-hybridized carbons (Fsp3) is 0.267.